The number of sulfonamides is 1. The smallest absolute Gasteiger partial charge is 0.214 e. The van der Waals surface area contributed by atoms with E-state index in [0.717, 1.165) is 38.5 Å². The molecule has 0 spiro atoms. The van der Waals surface area contributed by atoms with Crippen LogP contribution in [0.25, 0.3) is 0 Å². The molecule has 0 aromatic rings. The van der Waals surface area contributed by atoms with E-state index >= 15 is 0 Å². The lowest BCUT2D eigenvalue weighted by Gasteiger charge is -2.26. The van der Waals surface area contributed by atoms with E-state index in [0.29, 0.717) is 12.5 Å². The zero-order chi connectivity index (χ0) is 13.4. The third kappa shape index (κ3) is 5.24. The van der Waals surface area contributed by atoms with Gasteiger partial charge in [-0.25, -0.2) is 8.42 Å². The van der Waals surface area contributed by atoms with Gasteiger partial charge in [0.15, 0.2) is 0 Å². The minimum absolute atomic E-state index is 0.0897. The standard InChI is InChI=1S/C13H27NO3S/c1-2-3-9-14(10-11-15)18(16,17)12-13-7-5-4-6-8-13/h13,15H,2-12H2,1H3. The Hall–Kier alpha value is -0.130. The second-order valence-corrected chi connectivity index (χ2v) is 7.27. The van der Waals surface area contributed by atoms with Crippen molar-refractivity contribution in [2.24, 2.45) is 5.92 Å². The normalized spacial score (nSPS) is 18.4. The van der Waals surface area contributed by atoms with Crippen LogP contribution in [0.2, 0.25) is 0 Å². The van der Waals surface area contributed by atoms with Crippen molar-refractivity contribution < 1.29 is 13.5 Å². The van der Waals surface area contributed by atoms with Crippen LogP contribution in [-0.2, 0) is 10.0 Å². The van der Waals surface area contributed by atoms with Gasteiger partial charge in [-0.15, -0.1) is 0 Å². The molecule has 0 aliphatic heterocycles. The van der Waals surface area contributed by atoms with Gasteiger partial charge in [0.2, 0.25) is 10.0 Å². The molecule has 1 aliphatic rings. The van der Waals surface area contributed by atoms with E-state index < -0.39 is 10.0 Å². The molecule has 108 valence electrons. The molecular formula is C13H27NO3S. The molecular weight excluding hydrogens is 250 g/mol. The Labute approximate surface area is 111 Å². The number of aliphatic hydroxyl groups excluding tert-OH is 1. The van der Waals surface area contributed by atoms with Crippen molar-refractivity contribution in [3.05, 3.63) is 0 Å². The molecule has 0 atom stereocenters. The van der Waals surface area contributed by atoms with Crippen LogP contribution in [0, 0.1) is 5.92 Å². The van der Waals surface area contributed by atoms with Crippen molar-refractivity contribution in [1.29, 1.82) is 0 Å². The summed E-state index contributed by atoms with van der Waals surface area (Å²) in [6.45, 7) is 2.75. The topological polar surface area (TPSA) is 57.6 Å². The summed E-state index contributed by atoms with van der Waals surface area (Å²) in [4.78, 5) is 0. The van der Waals surface area contributed by atoms with Gasteiger partial charge in [0.05, 0.1) is 12.4 Å². The van der Waals surface area contributed by atoms with Crippen molar-refractivity contribution in [3.63, 3.8) is 0 Å². The van der Waals surface area contributed by atoms with Gasteiger partial charge in [0.1, 0.15) is 0 Å². The number of unbranched alkanes of at least 4 members (excludes halogenated alkanes) is 1. The van der Waals surface area contributed by atoms with Crippen molar-refractivity contribution in [1.82, 2.24) is 4.31 Å². The first-order valence-corrected chi connectivity index (χ1v) is 8.79. The molecule has 0 amide bonds. The lowest BCUT2D eigenvalue weighted by molar-refractivity contribution is 0.251. The lowest BCUT2D eigenvalue weighted by atomic mass is 9.91. The number of aliphatic hydroxyl groups is 1. The molecule has 1 fully saturated rings. The van der Waals surface area contributed by atoms with E-state index in [1.54, 1.807) is 0 Å². The number of nitrogens with zero attached hydrogens (tertiary/aromatic N) is 1. The van der Waals surface area contributed by atoms with Gasteiger partial charge in [0, 0.05) is 13.1 Å². The average molecular weight is 277 g/mol. The predicted octanol–water partition coefficient (Wildman–Crippen LogP) is 1.99. The Morgan fingerprint density at radius 2 is 1.83 bits per heavy atom. The third-order valence-electron chi connectivity index (χ3n) is 3.67. The van der Waals surface area contributed by atoms with Crippen LogP contribution in [0.1, 0.15) is 51.9 Å². The predicted molar refractivity (Wildman–Crippen MR) is 73.9 cm³/mol. The fourth-order valence-corrected chi connectivity index (χ4v) is 4.50. The molecule has 0 radical (unpaired) electrons. The molecule has 0 unspecified atom stereocenters. The number of hydrogen-bond acceptors (Lipinski definition) is 3. The zero-order valence-corrected chi connectivity index (χ0v) is 12.3. The third-order valence-corrected chi connectivity index (χ3v) is 5.72. The summed E-state index contributed by atoms with van der Waals surface area (Å²) in [5, 5.41) is 9.00. The molecule has 1 N–H and O–H groups in total. The highest BCUT2D eigenvalue weighted by Crippen LogP contribution is 2.25. The fraction of sp³-hybridized carbons (Fsp3) is 1.00. The monoisotopic (exact) mass is 277 g/mol. The Morgan fingerprint density at radius 3 is 2.39 bits per heavy atom. The second-order valence-electron chi connectivity index (χ2n) is 5.26. The molecule has 1 saturated carbocycles. The van der Waals surface area contributed by atoms with Crippen LogP contribution in [0.3, 0.4) is 0 Å². The summed E-state index contributed by atoms with van der Waals surface area (Å²) in [5.74, 6) is 0.600. The first-order chi connectivity index (χ1) is 8.60. The fourth-order valence-electron chi connectivity index (χ4n) is 2.59. The second kappa shape index (κ2) is 8.12. The Kier molecular flexibility index (Phi) is 7.19. The highest BCUT2D eigenvalue weighted by Gasteiger charge is 2.26. The van der Waals surface area contributed by atoms with Crippen LogP contribution < -0.4 is 0 Å². The van der Waals surface area contributed by atoms with E-state index in [9.17, 15) is 8.42 Å². The summed E-state index contributed by atoms with van der Waals surface area (Å²) in [7, 11) is -3.18. The van der Waals surface area contributed by atoms with E-state index in [2.05, 4.69) is 0 Å². The average Bonchev–Trinajstić information content (AvgIpc) is 2.35. The van der Waals surface area contributed by atoms with Crippen LogP contribution in [-0.4, -0.2) is 43.3 Å². The Balaban J connectivity index is 2.55. The first-order valence-electron chi connectivity index (χ1n) is 7.19. The SMILES string of the molecule is CCCCN(CCO)S(=O)(=O)CC1CCCCC1. The summed E-state index contributed by atoms with van der Waals surface area (Å²) in [5.41, 5.74) is 0. The van der Waals surface area contributed by atoms with E-state index in [-0.39, 0.29) is 18.9 Å². The van der Waals surface area contributed by atoms with Crippen LogP contribution in [0.4, 0.5) is 0 Å². The van der Waals surface area contributed by atoms with Crippen LogP contribution >= 0.6 is 0 Å². The summed E-state index contributed by atoms with van der Waals surface area (Å²) >= 11 is 0. The minimum atomic E-state index is -3.18. The molecule has 1 rings (SSSR count). The molecule has 1 aliphatic carbocycles. The van der Waals surface area contributed by atoms with Crippen LogP contribution in [0.15, 0.2) is 0 Å². The van der Waals surface area contributed by atoms with Gasteiger partial charge in [0.25, 0.3) is 0 Å². The van der Waals surface area contributed by atoms with Crippen LogP contribution in [0.5, 0.6) is 0 Å². The maximum Gasteiger partial charge on any atom is 0.214 e. The lowest BCUT2D eigenvalue weighted by Crippen LogP contribution is -2.38. The highest BCUT2D eigenvalue weighted by atomic mass is 32.2. The van der Waals surface area contributed by atoms with E-state index in [1.807, 2.05) is 6.92 Å². The van der Waals surface area contributed by atoms with Gasteiger partial charge in [-0.05, 0) is 25.2 Å². The summed E-state index contributed by atoms with van der Waals surface area (Å²) < 4.78 is 26.1. The molecule has 0 bridgehead atoms. The highest BCUT2D eigenvalue weighted by molar-refractivity contribution is 7.89. The molecule has 18 heavy (non-hydrogen) atoms. The maximum absolute atomic E-state index is 12.3. The van der Waals surface area contributed by atoms with Crippen molar-refractivity contribution in [3.8, 4) is 0 Å². The van der Waals surface area contributed by atoms with Gasteiger partial charge in [-0.3, -0.25) is 0 Å². The first kappa shape index (κ1) is 15.9. The molecule has 0 aromatic carbocycles. The Morgan fingerprint density at radius 1 is 1.17 bits per heavy atom. The van der Waals surface area contributed by atoms with Crippen molar-refractivity contribution in [2.75, 3.05) is 25.4 Å². The van der Waals surface area contributed by atoms with Gasteiger partial charge < -0.3 is 5.11 Å². The number of hydrogen-bond donors (Lipinski definition) is 1. The maximum atomic E-state index is 12.3. The molecule has 0 saturated heterocycles. The number of rotatable bonds is 8. The summed E-state index contributed by atoms with van der Waals surface area (Å²) in [6.07, 6.45) is 7.49. The molecule has 0 heterocycles. The van der Waals surface area contributed by atoms with Gasteiger partial charge >= 0.3 is 0 Å². The van der Waals surface area contributed by atoms with E-state index in [1.165, 1.54) is 10.7 Å². The summed E-state index contributed by atoms with van der Waals surface area (Å²) in [6, 6.07) is 0. The van der Waals surface area contributed by atoms with Gasteiger partial charge in [-0.1, -0.05) is 32.6 Å². The van der Waals surface area contributed by atoms with Crippen molar-refractivity contribution >= 4 is 10.0 Å². The molecule has 0 aromatic heterocycles. The Bertz CT molecular complexity index is 310. The minimum Gasteiger partial charge on any atom is -0.395 e. The largest absolute Gasteiger partial charge is 0.395 e. The zero-order valence-electron chi connectivity index (χ0n) is 11.5. The molecule has 4 nitrogen and oxygen atoms in total. The quantitative estimate of drug-likeness (QED) is 0.738. The van der Waals surface area contributed by atoms with Crippen molar-refractivity contribution in [2.45, 2.75) is 51.9 Å². The van der Waals surface area contributed by atoms with E-state index in [4.69, 9.17) is 5.11 Å². The molecule has 5 heteroatoms. The van der Waals surface area contributed by atoms with Gasteiger partial charge in [-0.2, -0.15) is 4.31 Å².